The summed E-state index contributed by atoms with van der Waals surface area (Å²) in [7, 11) is 10.1. The molecule has 0 aliphatic carbocycles. The molecule has 5 N–H and O–H groups in total. The second-order valence-corrected chi connectivity index (χ2v) is 23.5. The lowest BCUT2D eigenvalue weighted by molar-refractivity contribution is -0.320. The Balaban J connectivity index is 1.35. The van der Waals surface area contributed by atoms with Crippen molar-refractivity contribution in [1.29, 1.82) is 0 Å². The Morgan fingerprint density at radius 3 is 2.17 bits per heavy atom. The normalized spacial score (nSPS) is 36.8. The van der Waals surface area contributed by atoms with Crippen LogP contribution in [0.2, 0.25) is 0 Å². The average Bonchev–Trinajstić information content (AvgIpc) is 3.37. The number of aromatic carboxylic acids is 1. The summed E-state index contributed by atoms with van der Waals surface area (Å²) in [6, 6.07) is 1.29. The van der Waals surface area contributed by atoms with Crippen LogP contribution in [0.4, 0.5) is 0 Å². The van der Waals surface area contributed by atoms with Crippen molar-refractivity contribution in [3.63, 3.8) is 0 Å². The molecule has 77 heavy (non-hydrogen) atoms. The smallest absolute Gasteiger partial charge is 0.341 e. The number of carbonyl (C=O) groups is 4. The highest BCUT2D eigenvalue weighted by Crippen LogP contribution is 2.42. The Kier molecular flexibility index (Phi) is 22.1. The van der Waals surface area contributed by atoms with Gasteiger partial charge in [0.1, 0.15) is 34.8 Å². The molecule has 3 fully saturated rings. The number of likely N-dealkylation sites (N-methyl/N-ethyl adjacent to an activating group) is 1. The first-order valence-electron chi connectivity index (χ1n) is 26.7. The Bertz CT molecular complexity index is 2410. The molecular weight excluding hydrogens is 1020 g/mol. The molecule has 23 heteroatoms. The quantitative estimate of drug-likeness (QED) is 0.0813. The lowest BCUT2D eigenvalue weighted by Crippen LogP contribution is -2.61. The van der Waals surface area contributed by atoms with Gasteiger partial charge in [0.15, 0.2) is 24.3 Å². The Labute approximate surface area is 457 Å². The van der Waals surface area contributed by atoms with E-state index >= 15 is 0 Å². The fraction of sp³-hybridized carbons (Fsp3) is 0.778. The topological polar surface area (TPSA) is 276 Å². The molecule has 2 aromatic rings. The number of nitrogens with one attached hydrogen (secondary N) is 1. The maximum atomic E-state index is 14.6. The number of carbonyl (C=O) groups excluding carboxylic acids is 3. The van der Waals surface area contributed by atoms with Crippen LogP contribution in [-0.2, 0) is 52.3 Å². The first kappa shape index (κ1) is 64.0. The maximum absolute atomic E-state index is 14.6. The zero-order chi connectivity index (χ0) is 57.6. The van der Waals surface area contributed by atoms with E-state index in [1.807, 2.05) is 32.8 Å². The number of aliphatic hydroxyl groups excluding tert-OH is 2. The molecule has 2 aromatic heterocycles. The molecular formula is C54H87N5O17S. The minimum Gasteiger partial charge on any atom is -0.477 e. The number of aromatic nitrogens is 2. The maximum Gasteiger partial charge on any atom is 0.341 e. The van der Waals surface area contributed by atoms with Crippen LogP contribution in [0, 0.1) is 23.7 Å². The van der Waals surface area contributed by atoms with Crippen LogP contribution in [0.15, 0.2) is 28.2 Å². The molecule has 3 saturated heterocycles. The molecule has 5 rings (SSSR count). The van der Waals surface area contributed by atoms with Gasteiger partial charge in [0.05, 0.1) is 53.8 Å². The summed E-state index contributed by atoms with van der Waals surface area (Å²) in [6.45, 7) is 17.7. The van der Waals surface area contributed by atoms with E-state index in [9.17, 15) is 44.4 Å². The largest absolute Gasteiger partial charge is 0.477 e. The highest BCUT2D eigenvalue weighted by Gasteiger charge is 2.55. The minimum atomic E-state index is -2.03. The number of fused-ring (bicyclic) bond motifs is 1. The second-order valence-electron chi connectivity index (χ2n) is 22.4. The fourth-order valence-electron chi connectivity index (χ4n) is 11.3. The zero-order valence-corrected chi connectivity index (χ0v) is 48.7. The first-order valence-corrected chi connectivity index (χ1v) is 27.7. The third-order valence-electron chi connectivity index (χ3n) is 16.0. The van der Waals surface area contributed by atoms with Crippen molar-refractivity contribution >= 4 is 46.5 Å². The van der Waals surface area contributed by atoms with E-state index < -0.39 is 119 Å². The number of pyridine rings is 2. The average molecular weight is 1110 g/mol. The van der Waals surface area contributed by atoms with Gasteiger partial charge in [-0.15, -0.1) is 11.8 Å². The Morgan fingerprint density at radius 2 is 1.57 bits per heavy atom. The number of methoxy groups -OCH3 is 2. The number of esters is 2. The third-order valence-corrected chi connectivity index (χ3v) is 17.0. The van der Waals surface area contributed by atoms with Gasteiger partial charge in [0, 0.05) is 94.7 Å². The fourth-order valence-corrected chi connectivity index (χ4v) is 12.1. The molecule has 436 valence electrons. The standard InChI is InChI=1S/C54H87N5O17S/c1-17-38-54(10,68)45(64)30(4)41(61)28(2)24-52(8,69-15)46(76-51-43(63)37(57(11)12)22-29(3)71-51)31(5)44(32(6)50(67)73-38)75-40-25-53(9,70-16)47(33(7)72-40)74-39(60)18-19-55-20-21-77-34-23-35-42(62)36(49(65)66)27-59(58(13)14)48(35)56-26-34/h23,26-33,37-38,40,43-47,51,55,63-64,68H,17-22,24-25H2,1-16H3,(H,65,66)/t28-,29-,30-,31+,32-,33+,37+,38-,40+,43-,44+,45-,46-,47+,51+,52-,53-,54-/m1/s1. The van der Waals surface area contributed by atoms with Gasteiger partial charge in [-0.3, -0.25) is 19.2 Å². The molecule has 0 unspecified atom stereocenters. The van der Waals surface area contributed by atoms with E-state index in [4.69, 9.17) is 37.9 Å². The number of ether oxygens (including phenoxy) is 8. The van der Waals surface area contributed by atoms with Crippen molar-refractivity contribution in [3.05, 3.63) is 34.2 Å². The number of carboxylic acid groups (broad SMARTS) is 1. The monoisotopic (exact) mass is 1110 g/mol. The molecule has 0 amide bonds. The van der Waals surface area contributed by atoms with E-state index in [1.54, 1.807) is 72.9 Å². The number of thioether (sulfide) groups is 1. The lowest BCUT2D eigenvalue weighted by Gasteiger charge is -2.50. The number of ketones is 1. The summed E-state index contributed by atoms with van der Waals surface area (Å²) in [5, 5.41) is 49.9. The molecule has 0 aromatic carbocycles. The predicted octanol–water partition coefficient (Wildman–Crippen LogP) is 3.37. The van der Waals surface area contributed by atoms with Crippen LogP contribution in [0.3, 0.4) is 0 Å². The van der Waals surface area contributed by atoms with Crippen molar-refractivity contribution < 1.29 is 77.5 Å². The molecule has 0 radical (unpaired) electrons. The van der Waals surface area contributed by atoms with E-state index in [0.717, 1.165) is 0 Å². The number of hydrogen-bond acceptors (Lipinski definition) is 21. The molecule has 22 nitrogen and oxygen atoms in total. The van der Waals surface area contributed by atoms with E-state index in [0.29, 0.717) is 29.3 Å². The summed E-state index contributed by atoms with van der Waals surface area (Å²) in [4.78, 5) is 74.1. The predicted molar refractivity (Wildman–Crippen MR) is 286 cm³/mol. The number of rotatable bonds is 18. The van der Waals surface area contributed by atoms with Crippen LogP contribution < -0.4 is 15.8 Å². The van der Waals surface area contributed by atoms with Gasteiger partial charge in [-0.05, 0) is 81.0 Å². The molecule has 0 saturated carbocycles. The lowest BCUT2D eigenvalue weighted by atomic mass is 9.74. The van der Waals surface area contributed by atoms with Crippen LogP contribution >= 0.6 is 11.8 Å². The molecule has 3 aliphatic rings. The summed E-state index contributed by atoms with van der Waals surface area (Å²) >= 11 is 1.41. The van der Waals surface area contributed by atoms with Crippen molar-refractivity contribution in [1.82, 2.24) is 19.9 Å². The molecule has 0 bridgehead atoms. The summed E-state index contributed by atoms with van der Waals surface area (Å²) in [5.74, 6) is -6.17. The first-order chi connectivity index (χ1) is 36.0. The number of cyclic esters (lactones) is 1. The molecule has 0 spiro atoms. The summed E-state index contributed by atoms with van der Waals surface area (Å²) in [6.07, 6.45) is -6.82. The number of hydrogen-bond donors (Lipinski definition) is 5. The van der Waals surface area contributed by atoms with Crippen LogP contribution in [0.5, 0.6) is 0 Å². The number of aliphatic hydroxyl groups is 3. The van der Waals surface area contributed by atoms with Crippen LogP contribution in [-0.4, -0.2) is 204 Å². The van der Waals surface area contributed by atoms with Crippen molar-refractivity contribution in [2.24, 2.45) is 23.7 Å². The van der Waals surface area contributed by atoms with Gasteiger partial charge in [-0.2, -0.15) is 0 Å². The molecule has 5 heterocycles. The highest BCUT2D eigenvalue weighted by molar-refractivity contribution is 7.99. The van der Waals surface area contributed by atoms with Crippen LogP contribution in [0.25, 0.3) is 11.0 Å². The van der Waals surface area contributed by atoms with Gasteiger partial charge in [-0.1, -0.05) is 27.7 Å². The summed E-state index contributed by atoms with van der Waals surface area (Å²) in [5.41, 5.74) is -5.20. The van der Waals surface area contributed by atoms with Gasteiger partial charge >= 0.3 is 17.9 Å². The molecule has 18 atom stereocenters. The van der Waals surface area contributed by atoms with Crippen molar-refractivity contribution in [2.45, 2.75) is 190 Å². The van der Waals surface area contributed by atoms with Gasteiger partial charge in [0.25, 0.3) is 0 Å². The minimum absolute atomic E-state index is 0.00528. The van der Waals surface area contributed by atoms with Crippen LogP contribution in [0.1, 0.15) is 112 Å². The SMILES string of the molecule is CC[C@H]1OC(=O)[C@H](C)[C@@H](O[C@H]2C[C@@](C)(OC)[C@@H](OC(=O)CCNCCSc3cnc4c(c3)c(=O)c(C(=O)O)cn4N(C)C)[C@H](C)O2)[C@H](C)[C@@H](O[C@@H]2O[C@H](C)C[C@H](N(C)C)[C@H]2O)[C@](C)(OC)C[C@@H](C)C(=O)[C@@H](C)[C@@H](O)[C@]1(C)O. The van der Waals surface area contributed by atoms with E-state index in [1.165, 1.54) is 50.7 Å². The summed E-state index contributed by atoms with van der Waals surface area (Å²) < 4.78 is 52.8. The second kappa shape index (κ2) is 26.6. The highest BCUT2D eigenvalue weighted by atomic mass is 32.2. The zero-order valence-electron chi connectivity index (χ0n) is 47.8. The van der Waals surface area contributed by atoms with E-state index in [-0.39, 0.29) is 61.1 Å². The van der Waals surface area contributed by atoms with E-state index in [2.05, 4.69) is 10.3 Å². The number of carboxylic acids is 1. The van der Waals surface area contributed by atoms with Gasteiger partial charge in [-0.25, -0.2) is 14.5 Å². The third kappa shape index (κ3) is 14.6. The van der Waals surface area contributed by atoms with Crippen molar-refractivity contribution in [3.8, 4) is 0 Å². The number of nitrogens with zero attached hydrogens (tertiary/aromatic N) is 4. The van der Waals surface area contributed by atoms with Crippen molar-refractivity contribution in [2.75, 3.05) is 66.3 Å². The molecule has 3 aliphatic heterocycles. The van der Waals surface area contributed by atoms with Gasteiger partial charge < -0.3 is 73.5 Å². The van der Waals surface area contributed by atoms with Gasteiger partial charge in [0.2, 0.25) is 5.43 Å². The Hall–Kier alpha value is -3.85. The Morgan fingerprint density at radius 1 is 0.922 bits per heavy atom. The number of Topliss-reactive ketones (excluding diaryl/α,β-unsaturated/α-hetero) is 1.